The summed E-state index contributed by atoms with van der Waals surface area (Å²) in [6.45, 7) is 3.71. The van der Waals surface area contributed by atoms with Gasteiger partial charge in [0, 0.05) is 36.6 Å². The molecule has 1 aromatic carbocycles. The van der Waals surface area contributed by atoms with E-state index in [1.807, 2.05) is 27.0 Å². The van der Waals surface area contributed by atoms with E-state index in [-0.39, 0.29) is 5.91 Å². The van der Waals surface area contributed by atoms with Gasteiger partial charge < -0.3 is 10.1 Å². The largest absolute Gasteiger partial charge is 0.437 e. The summed E-state index contributed by atoms with van der Waals surface area (Å²) in [6.07, 6.45) is 4.64. The van der Waals surface area contributed by atoms with E-state index in [2.05, 4.69) is 25.4 Å². The van der Waals surface area contributed by atoms with Crippen molar-refractivity contribution in [1.82, 2.24) is 24.7 Å². The zero-order valence-electron chi connectivity index (χ0n) is 15.7. The first kappa shape index (κ1) is 17.6. The van der Waals surface area contributed by atoms with E-state index >= 15 is 0 Å². The first-order valence-corrected chi connectivity index (χ1v) is 8.67. The lowest BCUT2D eigenvalue weighted by molar-refractivity contribution is 0.102. The average molecular weight is 374 g/mol. The van der Waals surface area contributed by atoms with Gasteiger partial charge in [0.05, 0.1) is 23.1 Å². The van der Waals surface area contributed by atoms with Crippen LogP contribution >= 0.6 is 0 Å². The number of rotatable bonds is 4. The van der Waals surface area contributed by atoms with E-state index in [1.54, 1.807) is 41.3 Å². The summed E-state index contributed by atoms with van der Waals surface area (Å²) >= 11 is 0. The van der Waals surface area contributed by atoms with Gasteiger partial charge in [-0.25, -0.2) is 9.97 Å². The van der Waals surface area contributed by atoms with Crippen molar-refractivity contribution in [2.24, 2.45) is 7.05 Å². The minimum absolute atomic E-state index is 0.244. The molecule has 0 aliphatic rings. The zero-order chi connectivity index (χ0) is 19.7. The van der Waals surface area contributed by atoms with Crippen molar-refractivity contribution in [3.8, 4) is 11.6 Å². The molecule has 1 amide bonds. The molecule has 4 rings (SSSR count). The second kappa shape index (κ2) is 7.07. The van der Waals surface area contributed by atoms with Gasteiger partial charge in [0.2, 0.25) is 5.88 Å². The van der Waals surface area contributed by atoms with E-state index in [4.69, 9.17) is 4.74 Å². The lowest BCUT2D eigenvalue weighted by atomic mass is 10.1. The van der Waals surface area contributed by atoms with Gasteiger partial charge in [-0.15, -0.1) is 0 Å². The van der Waals surface area contributed by atoms with Crippen LogP contribution < -0.4 is 10.1 Å². The lowest BCUT2D eigenvalue weighted by Crippen LogP contribution is -2.14. The van der Waals surface area contributed by atoms with Crippen LogP contribution in [0.2, 0.25) is 0 Å². The minimum Gasteiger partial charge on any atom is -0.437 e. The summed E-state index contributed by atoms with van der Waals surface area (Å²) < 4.78 is 7.37. The third-order valence-electron chi connectivity index (χ3n) is 4.29. The zero-order valence-corrected chi connectivity index (χ0v) is 15.7. The molecule has 0 atom stereocenters. The maximum atomic E-state index is 12.8. The Morgan fingerprint density at radius 1 is 1.14 bits per heavy atom. The molecule has 0 spiro atoms. The van der Waals surface area contributed by atoms with E-state index in [0.29, 0.717) is 28.6 Å². The van der Waals surface area contributed by atoms with Crippen molar-refractivity contribution in [3.05, 3.63) is 65.9 Å². The molecule has 0 radical (unpaired) electrons. The van der Waals surface area contributed by atoms with Crippen LogP contribution in [-0.4, -0.2) is 30.6 Å². The Labute approximate surface area is 161 Å². The highest BCUT2D eigenvalue weighted by Gasteiger charge is 2.16. The van der Waals surface area contributed by atoms with Crippen LogP contribution in [0, 0.1) is 13.8 Å². The summed E-state index contributed by atoms with van der Waals surface area (Å²) in [5.74, 6) is 0.682. The van der Waals surface area contributed by atoms with Gasteiger partial charge in [0.25, 0.3) is 5.91 Å². The number of hydrogen-bond acceptors (Lipinski definition) is 6. The number of nitrogens with one attached hydrogen (secondary N) is 1. The van der Waals surface area contributed by atoms with Gasteiger partial charge >= 0.3 is 0 Å². The molecule has 3 aromatic heterocycles. The molecule has 0 saturated carbocycles. The number of benzene rings is 1. The van der Waals surface area contributed by atoms with Crippen molar-refractivity contribution in [2.45, 2.75) is 13.8 Å². The van der Waals surface area contributed by atoms with Gasteiger partial charge in [-0.3, -0.25) is 14.5 Å². The lowest BCUT2D eigenvalue weighted by Gasteiger charge is -2.10. The van der Waals surface area contributed by atoms with E-state index in [9.17, 15) is 4.79 Å². The van der Waals surface area contributed by atoms with Crippen LogP contribution in [-0.2, 0) is 7.05 Å². The summed E-state index contributed by atoms with van der Waals surface area (Å²) in [4.78, 5) is 25.4. The summed E-state index contributed by atoms with van der Waals surface area (Å²) in [6, 6.07) is 8.92. The van der Waals surface area contributed by atoms with Crippen molar-refractivity contribution in [1.29, 1.82) is 0 Å². The average Bonchev–Trinajstić information content (AvgIpc) is 2.95. The first-order valence-electron chi connectivity index (χ1n) is 8.67. The van der Waals surface area contributed by atoms with Crippen molar-refractivity contribution in [3.63, 3.8) is 0 Å². The SMILES string of the molecule is Cc1nc2c(cc1C(=O)Nc1cccc(Oc3cnccn3)c1)c(C)nn2C. The highest BCUT2D eigenvalue weighted by Crippen LogP contribution is 2.24. The Balaban J connectivity index is 1.58. The Kier molecular flexibility index (Phi) is 4.44. The molecule has 0 aliphatic carbocycles. The number of nitrogens with zero attached hydrogens (tertiary/aromatic N) is 5. The molecule has 4 aromatic rings. The predicted octanol–water partition coefficient (Wildman–Crippen LogP) is 3.42. The summed E-state index contributed by atoms with van der Waals surface area (Å²) in [5.41, 5.74) is 3.34. The summed E-state index contributed by atoms with van der Waals surface area (Å²) in [5, 5.41) is 8.12. The van der Waals surface area contributed by atoms with Crippen LogP contribution in [0.25, 0.3) is 11.0 Å². The smallest absolute Gasteiger partial charge is 0.257 e. The van der Waals surface area contributed by atoms with Gasteiger partial charge in [-0.2, -0.15) is 5.10 Å². The van der Waals surface area contributed by atoms with Gasteiger partial charge in [0.1, 0.15) is 5.75 Å². The second-order valence-corrected chi connectivity index (χ2v) is 6.33. The van der Waals surface area contributed by atoms with Crippen molar-refractivity contribution < 1.29 is 9.53 Å². The van der Waals surface area contributed by atoms with E-state index in [1.165, 1.54) is 6.20 Å². The summed E-state index contributed by atoms with van der Waals surface area (Å²) in [7, 11) is 1.84. The number of carbonyl (C=O) groups is 1. The maximum Gasteiger partial charge on any atom is 0.257 e. The number of carbonyl (C=O) groups excluding carboxylic acids is 1. The molecule has 3 heterocycles. The topological polar surface area (TPSA) is 94.8 Å². The fourth-order valence-corrected chi connectivity index (χ4v) is 2.96. The normalized spacial score (nSPS) is 10.8. The van der Waals surface area contributed by atoms with Gasteiger partial charge in [-0.05, 0) is 32.0 Å². The van der Waals surface area contributed by atoms with Gasteiger partial charge in [0.15, 0.2) is 5.65 Å². The molecule has 0 saturated heterocycles. The fourth-order valence-electron chi connectivity index (χ4n) is 2.96. The Morgan fingerprint density at radius 3 is 2.79 bits per heavy atom. The molecule has 1 N–H and O–H groups in total. The quantitative estimate of drug-likeness (QED) is 0.588. The molecule has 0 unspecified atom stereocenters. The number of ether oxygens (including phenoxy) is 1. The maximum absolute atomic E-state index is 12.8. The number of aryl methyl sites for hydroxylation is 3. The third-order valence-corrected chi connectivity index (χ3v) is 4.29. The number of hydrogen-bond donors (Lipinski definition) is 1. The van der Waals surface area contributed by atoms with E-state index in [0.717, 1.165) is 16.7 Å². The number of amides is 1. The van der Waals surface area contributed by atoms with Crippen LogP contribution in [0.1, 0.15) is 21.7 Å². The molecule has 0 bridgehead atoms. The Bertz CT molecular complexity index is 1170. The molecular weight excluding hydrogens is 356 g/mol. The molecule has 8 heteroatoms. The molecule has 0 fully saturated rings. The third kappa shape index (κ3) is 3.39. The number of aromatic nitrogens is 5. The Morgan fingerprint density at radius 2 is 2.00 bits per heavy atom. The number of fused-ring (bicyclic) bond motifs is 1. The van der Waals surface area contributed by atoms with Crippen LogP contribution in [0.3, 0.4) is 0 Å². The molecule has 140 valence electrons. The molecule has 8 nitrogen and oxygen atoms in total. The number of anilines is 1. The highest BCUT2D eigenvalue weighted by atomic mass is 16.5. The molecule has 28 heavy (non-hydrogen) atoms. The second-order valence-electron chi connectivity index (χ2n) is 6.33. The predicted molar refractivity (Wildman–Crippen MR) is 104 cm³/mol. The van der Waals surface area contributed by atoms with Crippen LogP contribution in [0.5, 0.6) is 11.6 Å². The minimum atomic E-state index is -0.244. The number of pyridine rings is 1. The van der Waals surface area contributed by atoms with Crippen molar-refractivity contribution in [2.75, 3.05) is 5.32 Å². The van der Waals surface area contributed by atoms with Gasteiger partial charge in [-0.1, -0.05) is 6.07 Å². The van der Waals surface area contributed by atoms with E-state index < -0.39 is 0 Å². The fraction of sp³-hybridized carbons (Fsp3) is 0.150. The standard InChI is InChI=1S/C20H18N6O2/c1-12-17(10-16-13(2)25-26(3)19(16)23-12)20(27)24-14-5-4-6-15(9-14)28-18-11-21-7-8-22-18/h4-11H,1-3H3,(H,24,27). The monoisotopic (exact) mass is 374 g/mol. The van der Waals surface area contributed by atoms with Crippen LogP contribution in [0.15, 0.2) is 48.9 Å². The Hall–Kier alpha value is -3.81. The highest BCUT2D eigenvalue weighted by molar-refractivity contribution is 6.06. The first-order chi connectivity index (χ1) is 13.5. The molecular formula is C20H18N6O2. The molecule has 0 aliphatic heterocycles. The van der Waals surface area contributed by atoms with Crippen molar-refractivity contribution >= 4 is 22.6 Å². The van der Waals surface area contributed by atoms with Crippen LogP contribution in [0.4, 0.5) is 5.69 Å².